The molecule has 0 bridgehead atoms. The van der Waals surface area contributed by atoms with Gasteiger partial charge in [0.1, 0.15) is 0 Å². The summed E-state index contributed by atoms with van der Waals surface area (Å²) in [5, 5.41) is 0. The zero-order valence-corrected chi connectivity index (χ0v) is 10.1. The molecule has 0 saturated carbocycles. The van der Waals surface area contributed by atoms with E-state index in [-0.39, 0.29) is 0 Å². The van der Waals surface area contributed by atoms with Crippen molar-refractivity contribution in [2.24, 2.45) is 5.92 Å². The third kappa shape index (κ3) is 2.72. The van der Waals surface area contributed by atoms with Crippen molar-refractivity contribution in [3.63, 3.8) is 0 Å². The van der Waals surface area contributed by atoms with Crippen molar-refractivity contribution in [1.82, 2.24) is 4.90 Å². The molecule has 1 saturated heterocycles. The second-order valence-corrected chi connectivity index (χ2v) is 5.01. The zero-order valence-electron chi connectivity index (χ0n) is 10.1. The number of unbranched alkanes of at least 4 members (excludes halogenated alkanes) is 1. The Morgan fingerprint density at radius 1 is 1.40 bits per heavy atom. The van der Waals surface area contributed by atoms with Crippen molar-refractivity contribution in [3.05, 3.63) is 23.3 Å². The van der Waals surface area contributed by atoms with Gasteiger partial charge in [-0.25, -0.2) is 0 Å². The molecule has 0 amide bonds. The summed E-state index contributed by atoms with van der Waals surface area (Å²) in [5.74, 6) is 0.759. The van der Waals surface area contributed by atoms with Gasteiger partial charge in [-0.2, -0.15) is 0 Å². The van der Waals surface area contributed by atoms with Gasteiger partial charge in [0.2, 0.25) is 0 Å². The Kier molecular flexibility index (Phi) is 3.63. The number of rotatable bonds is 3. The third-order valence-corrected chi connectivity index (χ3v) is 3.55. The topological polar surface area (TPSA) is 3.24 Å². The van der Waals surface area contributed by atoms with Crippen LogP contribution in [0, 0.1) is 5.92 Å². The third-order valence-electron chi connectivity index (χ3n) is 3.55. The number of allylic oxidation sites excluding steroid dienone is 2. The number of likely N-dealkylation sites (tertiary alicyclic amines) is 1. The van der Waals surface area contributed by atoms with Crippen molar-refractivity contribution in [2.45, 2.75) is 39.5 Å². The summed E-state index contributed by atoms with van der Waals surface area (Å²) >= 11 is 0. The molecular formula is C14H23N. The number of piperidine rings is 1. The quantitative estimate of drug-likeness (QED) is 0.682. The summed E-state index contributed by atoms with van der Waals surface area (Å²) < 4.78 is 0. The lowest BCUT2D eigenvalue weighted by Gasteiger charge is -2.33. The second kappa shape index (κ2) is 4.98. The average molecular weight is 205 g/mol. The first-order chi connectivity index (χ1) is 7.29. The van der Waals surface area contributed by atoms with Crippen molar-refractivity contribution in [2.75, 3.05) is 19.6 Å². The van der Waals surface area contributed by atoms with Gasteiger partial charge in [0.15, 0.2) is 0 Å². The van der Waals surface area contributed by atoms with Crippen LogP contribution in [0.1, 0.15) is 39.5 Å². The molecule has 1 atom stereocenters. The van der Waals surface area contributed by atoms with Crippen LogP contribution in [0.5, 0.6) is 0 Å². The van der Waals surface area contributed by atoms with Gasteiger partial charge in [0.25, 0.3) is 0 Å². The first-order valence-corrected chi connectivity index (χ1v) is 6.42. The molecule has 1 heterocycles. The molecule has 15 heavy (non-hydrogen) atoms. The highest BCUT2D eigenvalue weighted by molar-refractivity contribution is 5.37. The fourth-order valence-corrected chi connectivity index (χ4v) is 2.57. The smallest absolute Gasteiger partial charge is 0.0233 e. The van der Waals surface area contributed by atoms with Crippen LogP contribution in [-0.4, -0.2) is 24.5 Å². The highest BCUT2D eigenvalue weighted by atomic mass is 15.1. The van der Waals surface area contributed by atoms with E-state index in [2.05, 4.69) is 30.9 Å². The van der Waals surface area contributed by atoms with Crippen LogP contribution in [0.25, 0.3) is 0 Å². The normalized spacial score (nSPS) is 26.9. The van der Waals surface area contributed by atoms with E-state index in [1.807, 2.05) is 0 Å². The SMILES string of the molecule is CCCCN1CCC2=CCC(C)C=C2C1. The number of hydrogen-bond acceptors (Lipinski definition) is 1. The predicted octanol–water partition coefficient (Wildman–Crippen LogP) is 3.38. The maximum Gasteiger partial charge on any atom is 0.0233 e. The summed E-state index contributed by atoms with van der Waals surface area (Å²) in [6.07, 6.45) is 10.2. The lowest BCUT2D eigenvalue weighted by atomic mass is 9.87. The molecule has 0 aromatic rings. The Hall–Kier alpha value is -0.560. The molecule has 1 aliphatic heterocycles. The Morgan fingerprint density at radius 3 is 3.07 bits per heavy atom. The zero-order chi connectivity index (χ0) is 10.7. The van der Waals surface area contributed by atoms with Gasteiger partial charge >= 0.3 is 0 Å². The van der Waals surface area contributed by atoms with Crippen LogP contribution in [-0.2, 0) is 0 Å². The molecule has 2 rings (SSSR count). The van der Waals surface area contributed by atoms with Gasteiger partial charge in [-0.3, -0.25) is 4.90 Å². The van der Waals surface area contributed by atoms with Gasteiger partial charge in [0, 0.05) is 13.1 Å². The number of fused-ring (bicyclic) bond motifs is 1. The summed E-state index contributed by atoms with van der Waals surface area (Å²) in [6, 6.07) is 0. The molecule has 2 aliphatic rings. The van der Waals surface area contributed by atoms with Crippen LogP contribution in [0.2, 0.25) is 0 Å². The summed E-state index contributed by atoms with van der Waals surface area (Å²) in [7, 11) is 0. The van der Waals surface area contributed by atoms with E-state index in [1.165, 1.54) is 45.3 Å². The minimum atomic E-state index is 0.759. The molecular weight excluding hydrogens is 182 g/mol. The largest absolute Gasteiger partial charge is 0.299 e. The van der Waals surface area contributed by atoms with Crippen LogP contribution < -0.4 is 0 Å². The first kappa shape index (κ1) is 10.9. The molecule has 0 radical (unpaired) electrons. The molecule has 1 aliphatic carbocycles. The Morgan fingerprint density at radius 2 is 2.27 bits per heavy atom. The number of nitrogens with zero attached hydrogens (tertiary/aromatic N) is 1. The van der Waals surface area contributed by atoms with Gasteiger partial charge in [-0.05, 0) is 42.9 Å². The second-order valence-electron chi connectivity index (χ2n) is 5.01. The maximum absolute atomic E-state index is 2.62. The monoisotopic (exact) mass is 205 g/mol. The summed E-state index contributed by atoms with van der Waals surface area (Å²) in [5.41, 5.74) is 3.26. The minimum Gasteiger partial charge on any atom is -0.299 e. The van der Waals surface area contributed by atoms with E-state index in [4.69, 9.17) is 0 Å². The highest BCUT2D eigenvalue weighted by Crippen LogP contribution is 2.29. The van der Waals surface area contributed by atoms with Gasteiger partial charge < -0.3 is 0 Å². The van der Waals surface area contributed by atoms with Crippen LogP contribution in [0.4, 0.5) is 0 Å². The summed E-state index contributed by atoms with van der Waals surface area (Å²) in [6.45, 7) is 8.37. The average Bonchev–Trinajstić information content (AvgIpc) is 2.25. The van der Waals surface area contributed by atoms with Gasteiger partial charge in [0.05, 0.1) is 0 Å². The predicted molar refractivity (Wildman–Crippen MR) is 65.9 cm³/mol. The minimum absolute atomic E-state index is 0.759. The molecule has 0 aromatic carbocycles. The molecule has 84 valence electrons. The van der Waals surface area contributed by atoms with E-state index < -0.39 is 0 Å². The molecule has 1 nitrogen and oxygen atoms in total. The van der Waals surface area contributed by atoms with E-state index in [0.717, 1.165) is 5.92 Å². The van der Waals surface area contributed by atoms with E-state index >= 15 is 0 Å². The fraction of sp³-hybridized carbons (Fsp3) is 0.714. The van der Waals surface area contributed by atoms with E-state index in [1.54, 1.807) is 11.1 Å². The van der Waals surface area contributed by atoms with Crippen LogP contribution in [0.15, 0.2) is 23.3 Å². The Labute approximate surface area is 93.9 Å². The molecule has 1 fully saturated rings. The molecule has 0 aromatic heterocycles. The first-order valence-electron chi connectivity index (χ1n) is 6.42. The van der Waals surface area contributed by atoms with Crippen LogP contribution in [0.3, 0.4) is 0 Å². The van der Waals surface area contributed by atoms with Gasteiger partial charge in [-0.1, -0.05) is 32.4 Å². The lowest BCUT2D eigenvalue weighted by molar-refractivity contribution is 0.278. The maximum atomic E-state index is 2.62. The fourth-order valence-electron chi connectivity index (χ4n) is 2.57. The van der Waals surface area contributed by atoms with Gasteiger partial charge in [-0.15, -0.1) is 0 Å². The lowest BCUT2D eigenvalue weighted by Crippen LogP contribution is -2.34. The van der Waals surface area contributed by atoms with E-state index in [0.29, 0.717) is 0 Å². The summed E-state index contributed by atoms with van der Waals surface area (Å²) in [4.78, 5) is 2.62. The van der Waals surface area contributed by atoms with E-state index in [9.17, 15) is 0 Å². The standard InChI is InChI=1S/C14H23N/c1-3-4-8-15-9-7-13-6-5-12(2)10-14(13)11-15/h6,10,12H,3-5,7-9,11H2,1-2H3. The highest BCUT2D eigenvalue weighted by Gasteiger charge is 2.20. The van der Waals surface area contributed by atoms with Crippen molar-refractivity contribution in [1.29, 1.82) is 0 Å². The molecule has 0 spiro atoms. The Balaban J connectivity index is 1.94. The van der Waals surface area contributed by atoms with Crippen molar-refractivity contribution < 1.29 is 0 Å². The van der Waals surface area contributed by atoms with Crippen LogP contribution >= 0.6 is 0 Å². The van der Waals surface area contributed by atoms with Crippen molar-refractivity contribution >= 4 is 0 Å². The number of hydrogen-bond donors (Lipinski definition) is 0. The molecule has 1 unspecified atom stereocenters. The Bertz CT molecular complexity index is 275. The molecule has 1 heteroatoms. The molecule has 0 N–H and O–H groups in total. The van der Waals surface area contributed by atoms with Crippen molar-refractivity contribution in [3.8, 4) is 0 Å².